The number of nitrogens with one attached hydrogen (secondary N) is 1. The van der Waals surface area contributed by atoms with Crippen molar-refractivity contribution in [1.82, 2.24) is 15.1 Å². The van der Waals surface area contributed by atoms with E-state index in [-0.39, 0.29) is 11.8 Å². The van der Waals surface area contributed by atoms with E-state index >= 15 is 0 Å². The molecule has 162 valence electrons. The lowest BCUT2D eigenvalue weighted by atomic mass is 10.1. The lowest BCUT2D eigenvalue weighted by molar-refractivity contribution is -0.274. The van der Waals surface area contributed by atoms with E-state index in [4.69, 9.17) is 0 Å². The van der Waals surface area contributed by atoms with Crippen LogP contribution in [0, 0.1) is 0 Å². The Morgan fingerprint density at radius 2 is 1.76 bits per heavy atom. The van der Waals surface area contributed by atoms with Gasteiger partial charge in [-0.15, -0.1) is 13.2 Å². The van der Waals surface area contributed by atoms with Crippen molar-refractivity contribution in [3.63, 3.8) is 0 Å². The van der Waals surface area contributed by atoms with Gasteiger partial charge in [0.2, 0.25) is 0 Å². The Morgan fingerprint density at radius 3 is 2.34 bits per heavy atom. The second kappa shape index (κ2) is 9.56. The highest BCUT2D eigenvalue weighted by atomic mass is 19.4. The fourth-order valence-electron chi connectivity index (χ4n) is 3.74. The zero-order chi connectivity index (χ0) is 20.9. The third kappa shape index (κ3) is 6.16. The number of ether oxygens (including phenoxy) is 1. The minimum atomic E-state index is -4.67. The molecule has 2 heterocycles. The first-order valence-electron chi connectivity index (χ1n) is 10.2. The average Bonchev–Trinajstić information content (AvgIpc) is 2.64. The van der Waals surface area contributed by atoms with E-state index in [9.17, 15) is 18.0 Å². The fourth-order valence-corrected chi connectivity index (χ4v) is 3.74. The minimum absolute atomic E-state index is 0.0251. The van der Waals surface area contributed by atoms with E-state index in [0.29, 0.717) is 6.04 Å². The number of hydrogen-bond donors (Lipinski definition) is 1. The second-order valence-corrected chi connectivity index (χ2v) is 7.56. The van der Waals surface area contributed by atoms with E-state index in [0.717, 1.165) is 70.8 Å². The van der Waals surface area contributed by atoms with Crippen LogP contribution < -0.4 is 15.0 Å². The molecule has 9 heteroatoms. The van der Waals surface area contributed by atoms with Gasteiger partial charge in [-0.2, -0.15) is 0 Å². The van der Waals surface area contributed by atoms with E-state index in [1.54, 1.807) is 12.1 Å². The SMILES string of the molecule is CCCCCNC(=O)N1CC(N2CCN(c3ccc(OC(F)(F)F)cc3)CC2)C1. The molecule has 0 saturated carbocycles. The van der Waals surface area contributed by atoms with Gasteiger partial charge in [-0.3, -0.25) is 4.90 Å². The van der Waals surface area contributed by atoms with Gasteiger partial charge in [0.15, 0.2) is 0 Å². The Kier molecular flexibility index (Phi) is 7.10. The summed E-state index contributed by atoms with van der Waals surface area (Å²) in [5.74, 6) is -0.206. The molecule has 2 amide bonds. The Hall–Kier alpha value is -2.16. The number of benzene rings is 1. The number of nitrogens with zero attached hydrogens (tertiary/aromatic N) is 3. The van der Waals surface area contributed by atoms with Crippen molar-refractivity contribution in [2.75, 3.05) is 50.7 Å². The van der Waals surface area contributed by atoms with Crippen LogP contribution in [0.5, 0.6) is 5.75 Å². The number of alkyl halides is 3. The molecule has 1 N–H and O–H groups in total. The van der Waals surface area contributed by atoms with Gasteiger partial charge >= 0.3 is 12.4 Å². The number of anilines is 1. The van der Waals surface area contributed by atoms with Gasteiger partial charge in [-0.1, -0.05) is 19.8 Å². The van der Waals surface area contributed by atoms with Crippen LogP contribution in [0.15, 0.2) is 24.3 Å². The van der Waals surface area contributed by atoms with Gasteiger partial charge in [-0.25, -0.2) is 4.79 Å². The summed E-state index contributed by atoms with van der Waals surface area (Å²) in [6.45, 7) is 7.73. The van der Waals surface area contributed by atoms with Crippen LogP contribution in [-0.4, -0.2) is 74.0 Å². The normalized spacial score (nSPS) is 18.5. The molecule has 2 aliphatic heterocycles. The number of piperazine rings is 1. The van der Waals surface area contributed by atoms with Crippen molar-refractivity contribution in [1.29, 1.82) is 0 Å². The van der Waals surface area contributed by atoms with Crippen molar-refractivity contribution < 1.29 is 22.7 Å². The summed E-state index contributed by atoms with van der Waals surface area (Å²) < 4.78 is 40.7. The number of urea groups is 1. The molecule has 3 rings (SSSR count). The van der Waals surface area contributed by atoms with E-state index in [1.165, 1.54) is 12.1 Å². The molecular formula is C20H29F3N4O2. The average molecular weight is 414 g/mol. The third-order valence-electron chi connectivity index (χ3n) is 5.47. The molecule has 1 aromatic rings. The van der Waals surface area contributed by atoms with Gasteiger partial charge in [0.25, 0.3) is 0 Å². The molecule has 0 bridgehead atoms. The van der Waals surface area contributed by atoms with Crippen LogP contribution >= 0.6 is 0 Å². The van der Waals surface area contributed by atoms with Crippen LogP contribution in [-0.2, 0) is 0 Å². The quantitative estimate of drug-likeness (QED) is 0.696. The van der Waals surface area contributed by atoms with Crippen LogP contribution in [0.4, 0.5) is 23.7 Å². The monoisotopic (exact) mass is 414 g/mol. The summed E-state index contributed by atoms with van der Waals surface area (Å²) in [5, 5.41) is 2.97. The standard InChI is InChI=1S/C20H29F3N4O2/c1-2-3-4-9-24-19(28)27-14-17(15-27)26-12-10-25(11-13-26)16-5-7-18(8-6-16)29-20(21,22)23/h5-8,17H,2-4,9-15H2,1H3,(H,24,28). The molecule has 0 aromatic heterocycles. The molecule has 0 unspecified atom stereocenters. The highest BCUT2D eigenvalue weighted by Gasteiger charge is 2.36. The van der Waals surface area contributed by atoms with Crippen molar-refractivity contribution in [3.05, 3.63) is 24.3 Å². The number of rotatable bonds is 7. The van der Waals surface area contributed by atoms with E-state index < -0.39 is 6.36 Å². The first-order chi connectivity index (χ1) is 13.9. The lowest BCUT2D eigenvalue weighted by Crippen LogP contribution is -2.65. The molecule has 0 spiro atoms. The van der Waals surface area contributed by atoms with Crippen LogP contribution in [0.25, 0.3) is 0 Å². The van der Waals surface area contributed by atoms with Crippen LogP contribution in [0.3, 0.4) is 0 Å². The van der Waals surface area contributed by atoms with E-state index in [2.05, 4.69) is 26.8 Å². The van der Waals surface area contributed by atoms with Gasteiger partial charge in [0, 0.05) is 57.5 Å². The number of amides is 2. The summed E-state index contributed by atoms with van der Waals surface area (Å²) >= 11 is 0. The summed E-state index contributed by atoms with van der Waals surface area (Å²) in [6, 6.07) is 6.42. The molecule has 6 nitrogen and oxygen atoms in total. The summed E-state index contributed by atoms with van der Waals surface area (Å²) in [7, 11) is 0. The molecule has 2 aliphatic rings. The molecule has 0 atom stereocenters. The van der Waals surface area contributed by atoms with Crippen LogP contribution in [0.1, 0.15) is 26.2 Å². The third-order valence-corrected chi connectivity index (χ3v) is 5.47. The Labute approximate surface area is 169 Å². The Balaban J connectivity index is 1.37. The maximum atomic E-state index is 12.3. The van der Waals surface area contributed by atoms with Gasteiger partial charge in [0.1, 0.15) is 5.75 Å². The van der Waals surface area contributed by atoms with Crippen molar-refractivity contribution in [2.24, 2.45) is 0 Å². The smallest absolute Gasteiger partial charge is 0.406 e. The highest BCUT2D eigenvalue weighted by Crippen LogP contribution is 2.26. The largest absolute Gasteiger partial charge is 0.573 e. The summed E-state index contributed by atoms with van der Waals surface area (Å²) in [4.78, 5) is 18.5. The maximum Gasteiger partial charge on any atom is 0.573 e. The Morgan fingerprint density at radius 1 is 1.10 bits per heavy atom. The molecule has 29 heavy (non-hydrogen) atoms. The second-order valence-electron chi connectivity index (χ2n) is 7.56. The minimum Gasteiger partial charge on any atom is -0.406 e. The predicted octanol–water partition coefficient (Wildman–Crippen LogP) is 3.29. The summed E-state index contributed by atoms with van der Waals surface area (Å²) in [6.07, 6.45) is -1.38. The maximum absolute atomic E-state index is 12.3. The van der Waals surface area contributed by atoms with Crippen LogP contribution in [0.2, 0.25) is 0 Å². The number of carbonyl (C=O) groups excluding carboxylic acids is 1. The molecule has 1 aromatic carbocycles. The van der Waals surface area contributed by atoms with Crippen molar-refractivity contribution >= 4 is 11.7 Å². The highest BCUT2D eigenvalue weighted by molar-refractivity contribution is 5.75. The number of halogens is 3. The zero-order valence-electron chi connectivity index (χ0n) is 16.7. The van der Waals surface area contributed by atoms with Crippen molar-refractivity contribution in [3.8, 4) is 5.75 Å². The lowest BCUT2D eigenvalue weighted by Gasteiger charge is -2.48. The topological polar surface area (TPSA) is 48.1 Å². The number of hydrogen-bond acceptors (Lipinski definition) is 4. The Bertz CT molecular complexity index is 655. The molecular weight excluding hydrogens is 385 g/mol. The first kappa shape index (κ1) is 21.5. The molecule has 2 fully saturated rings. The summed E-state index contributed by atoms with van der Waals surface area (Å²) in [5.41, 5.74) is 0.890. The first-order valence-corrected chi connectivity index (χ1v) is 10.2. The van der Waals surface area contributed by atoms with Gasteiger partial charge in [-0.05, 0) is 30.7 Å². The number of unbranched alkanes of at least 4 members (excludes halogenated alkanes) is 2. The molecule has 0 aliphatic carbocycles. The van der Waals surface area contributed by atoms with E-state index in [1.807, 2.05) is 4.90 Å². The molecule has 0 radical (unpaired) electrons. The van der Waals surface area contributed by atoms with Gasteiger partial charge in [0.05, 0.1) is 0 Å². The number of carbonyl (C=O) groups is 1. The van der Waals surface area contributed by atoms with Gasteiger partial charge < -0.3 is 19.9 Å². The van der Waals surface area contributed by atoms with Crippen molar-refractivity contribution in [2.45, 2.75) is 38.6 Å². The molecule has 2 saturated heterocycles. The number of likely N-dealkylation sites (tertiary alicyclic amines) is 1. The zero-order valence-corrected chi connectivity index (χ0v) is 16.7. The fraction of sp³-hybridized carbons (Fsp3) is 0.650. The predicted molar refractivity (Wildman–Crippen MR) is 105 cm³/mol.